The lowest BCUT2D eigenvalue weighted by molar-refractivity contribution is 0.179. The van der Waals surface area contributed by atoms with Crippen LogP contribution >= 0.6 is 11.8 Å². The SMILES string of the molecule is CCSCCN1CCCC(CCN)C1. The molecule has 0 spiro atoms. The van der Waals surface area contributed by atoms with E-state index in [2.05, 4.69) is 11.8 Å². The Kier molecular flexibility index (Phi) is 6.65. The lowest BCUT2D eigenvalue weighted by Gasteiger charge is -2.32. The van der Waals surface area contributed by atoms with E-state index in [9.17, 15) is 0 Å². The van der Waals surface area contributed by atoms with Crippen molar-refractivity contribution < 1.29 is 0 Å². The minimum absolute atomic E-state index is 0.863. The van der Waals surface area contributed by atoms with Gasteiger partial charge in [-0.05, 0) is 44.0 Å². The van der Waals surface area contributed by atoms with Crippen LogP contribution in [0.5, 0.6) is 0 Å². The first-order chi connectivity index (χ1) is 6.86. The van der Waals surface area contributed by atoms with Gasteiger partial charge in [-0.3, -0.25) is 0 Å². The number of nitrogens with zero attached hydrogens (tertiary/aromatic N) is 1. The standard InChI is InChI=1S/C11H24N2S/c1-2-14-9-8-13-7-3-4-11(10-13)5-6-12/h11H,2-10,12H2,1H3. The van der Waals surface area contributed by atoms with Crippen molar-refractivity contribution in [2.24, 2.45) is 11.7 Å². The molecule has 0 radical (unpaired) electrons. The number of hydrogen-bond donors (Lipinski definition) is 1. The maximum atomic E-state index is 5.60. The fourth-order valence-corrected chi connectivity index (χ4v) is 2.84. The van der Waals surface area contributed by atoms with Crippen molar-refractivity contribution in [1.29, 1.82) is 0 Å². The Balaban J connectivity index is 2.12. The fourth-order valence-electron chi connectivity index (χ4n) is 2.16. The summed E-state index contributed by atoms with van der Waals surface area (Å²) in [6.07, 6.45) is 3.99. The maximum absolute atomic E-state index is 5.60. The predicted molar refractivity (Wildman–Crippen MR) is 65.8 cm³/mol. The van der Waals surface area contributed by atoms with Crippen LogP contribution in [0.4, 0.5) is 0 Å². The Labute approximate surface area is 92.6 Å². The van der Waals surface area contributed by atoms with Crippen LogP contribution in [0.2, 0.25) is 0 Å². The minimum atomic E-state index is 0.863. The first-order valence-electron chi connectivity index (χ1n) is 5.87. The molecule has 3 heteroatoms. The van der Waals surface area contributed by atoms with Crippen LogP contribution in [0.15, 0.2) is 0 Å². The number of thioether (sulfide) groups is 1. The van der Waals surface area contributed by atoms with Gasteiger partial charge >= 0.3 is 0 Å². The van der Waals surface area contributed by atoms with Crippen LogP contribution in [-0.2, 0) is 0 Å². The Morgan fingerprint density at radius 2 is 2.36 bits per heavy atom. The van der Waals surface area contributed by atoms with Crippen molar-refractivity contribution >= 4 is 11.8 Å². The van der Waals surface area contributed by atoms with E-state index in [0.717, 1.165) is 12.5 Å². The zero-order valence-electron chi connectivity index (χ0n) is 9.37. The molecule has 1 unspecified atom stereocenters. The van der Waals surface area contributed by atoms with Gasteiger partial charge in [0.25, 0.3) is 0 Å². The molecule has 1 aliphatic heterocycles. The maximum Gasteiger partial charge on any atom is 0.00725 e. The zero-order chi connectivity index (χ0) is 10.2. The molecule has 14 heavy (non-hydrogen) atoms. The number of likely N-dealkylation sites (tertiary alicyclic amines) is 1. The third-order valence-corrected chi connectivity index (χ3v) is 3.81. The normalized spacial score (nSPS) is 24.0. The van der Waals surface area contributed by atoms with Crippen LogP contribution in [-0.4, -0.2) is 42.6 Å². The fraction of sp³-hybridized carbons (Fsp3) is 1.00. The molecular weight excluding hydrogens is 192 g/mol. The number of piperidine rings is 1. The van der Waals surface area contributed by atoms with Crippen molar-refractivity contribution in [2.75, 3.05) is 37.7 Å². The Morgan fingerprint density at radius 1 is 1.50 bits per heavy atom. The lowest BCUT2D eigenvalue weighted by Crippen LogP contribution is -2.37. The van der Waals surface area contributed by atoms with E-state index in [4.69, 9.17) is 5.73 Å². The second kappa shape index (κ2) is 7.55. The van der Waals surface area contributed by atoms with Crippen molar-refractivity contribution in [3.63, 3.8) is 0 Å². The smallest absolute Gasteiger partial charge is 0.00725 e. The molecule has 1 saturated heterocycles. The van der Waals surface area contributed by atoms with Crippen molar-refractivity contribution in [3.05, 3.63) is 0 Å². The van der Waals surface area contributed by atoms with Gasteiger partial charge in [0, 0.05) is 18.8 Å². The molecule has 1 aliphatic rings. The highest BCUT2D eigenvalue weighted by molar-refractivity contribution is 7.99. The summed E-state index contributed by atoms with van der Waals surface area (Å²) in [7, 11) is 0. The Bertz CT molecular complexity index is 139. The van der Waals surface area contributed by atoms with Gasteiger partial charge in [0.1, 0.15) is 0 Å². The van der Waals surface area contributed by atoms with Gasteiger partial charge in [-0.2, -0.15) is 11.8 Å². The molecule has 2 nitrogen and oxygen atoms in total. The summed E-state index contributed by atoms with van der Waals surface area (Å²) in [4.78, 5) is 2.62. The summed E-state index contributed by atoms with van der Waals surface area (Å²) in [6.45, 7) is 6.98. The molecule has 2 N–H and O–H groups in total. The molecule has 0 aromatic carbocycles. The van der Waals surface area contributed by atoms with Crippen molar-refractivity contribution in [1.82, 2.24) is 4.90 Å². The lowest BCUT2D eigenvalue weighted by atomic mass is 9.95. The van der Waals surface area contributed by atoms with E-state index in [1.807, 2.05) is 11.8 Å². The molecule has 0 amide bonds. The molecular formula is C11H24N2S. The topological polar surface area (TPSA) is 29.3 Å². The van der Waals surface area contributed by atoms with Crippen molar-refractivity contribution in [3.8, 4) is 0 Å². The summed E-state index contributed by atoms with van der Waals surface area (Å²) >= 11 is 2.05. The van der Waals surface area contributed by atoms with Crippen molar-refractivity contribution in [2.45, 2.75) is 26.2 Å². The van der Waals surface area contributed by atoms with Gasteiger partial charge in [0.2, 0.25) is 0 Å². The van der Waals surface area contributed by atoms with Gasteiger partial charge < -0.3 is 10.6 Å². The van der Waals surface area contributed by atoms with Gasteiger partial charge in [-0.15, -0.1) is 0 Å². The molecule has 1 atom stereocenters. The van der Waals surface area contributed by atoms with Crippen LogP contribution in [0.3, 0.4) is 0 Å². The van der Waals surface area contributed by atoms with Crippen LogP contribution in [0, 0.1) is 5.92 Å². The third kappa shape index (κ3) is 4.67. The highest BCUT2D eigenvalue weighted by Gasteiger charge is 2.18. The second-order valence-corrected chi connectivity index (χ2v) is 5.48. The quantitative estimate of drug-likeness (QED) is 0.687. The number of nitrogens with two attached hydrogens (primary N) is 1. The predicted octanol–water partition coefficient (Wildman–Crippen LogP) is 1.80. The molecule has 1 fully saturated rings. The molecule has 0 saturated carbocycles. The second-order valence-electron chi connectivity index (χ2n) is 4.08. The van der Waals surface area contributed by atoms with E-state index in [1.165, 1.54) is 50.4 Å². The van der Waals surface area contributed by atoms with E-state index in [1.54, 1.807) is 0 Å². The molecule has 0 aromatic heterocycles. The average molecular weight is 216 g/mol. The molecule has 84 valence electrons. The van der Waals surface area contributed by atoms with Gasteiger partial charge in [-0.1, -0.05) is 6.92 Å². The third-order valence-electron chi connectivity index (χ3n) is 2.93. The summed E-state index contributed by atoms with van der Waals surface area (Å²) in [5.41, 5.74) is 5.60. The van der Waals surface area contributed by atoms with E-state index >= 15 is 0 Å². The van der Waals surface area contributed by atoms with E-state index in [-0.39, 0.29) is 0 Å². The Hall–Kier alpha value is 0.270. The highest BCUT2D eigenvalue weighted by atomic mass is 32.2. The van der Waals surface area contributed by atoms with Crippen LogP contribution < -0.4 is 5.73 Å². The first kappa shape index (κ1) is 12.3. The van der Waals surface area contributed by atoms with Gasteiger partial charge in [-0.25, -0.2) is 0 Å². The molecule has 0 bridgehead atoms. The van der Waals surface area contributed by atoms with E-state index in [0.29, 0.717) is 0 Å². The largest absolute Gasteiger partial charge is 0.330 e. The Morgan fingerprint density at radius 3 is 3.07 bits per heavy atom. The molecule has 1 heterocycles. The summed E-state index contributed by atoms with van der Waals surface area (Å²) in [6, 6.07) is 0. The average Bonchev–Trinajstić information content (AvgIpc) is 2.19. The van der Waals surface area contributed by atoms with Crippen LogP contribution in [0.1, 0.15) is 26.2 Å². The van der Waals surface area contributed by atoms with E-state index < -0.39 is 0 Å². The summed E-state index contributed by atoms with van der Waals surface area (Å²) in [5, 5.41) is 0. The zero-order valence-corrected chi connectivity index (χ0v) is 10.2. The van der Waals surface area contributed by atoms with Gasteiger partial charge in [0.05, 0.1) is 0 Å². The minimum Gasteiger partial charge on any atom is -0.330 e. The van der Waals surface area contributed by atoms with Crippen LogP contribution in [0.25, 0.3) is 0 Å². The molecule has 0 aromatic rings. The summed E-state index contributed by atoms with van der Waals surface area (Å²) < 4.78 is 0. The van der Waals surface area contributed by atoms with Gasteiger partial charge in [0.15, 0.2) is 0 Å². The first-order valence-corrected chi connectivity index (χ1v) is 7.02. The molecule has 0 aliphatic carbocycles. The number of hydrogen-bond acceptors (Lipinski definition) is 3. The monoisotopic (exact) mass is 216 g/mol. The molecule has 1 rings (SSSR count). The summed E-state index contributed by atoms with van der Waals surface area (Å²) in [5.74, 6) is 3.42. The number of rotatable bonds is 6. The highest BCUT2D eigenvalue weighted by Crippen LogP contribution is 2.19.